The largest absolute Gasteiger partial charge is 0.491 e. The van der Waals surface area contributed by atoms with Crippen LogP contribution in [0.15, 0.2) is 18.2 Å². The van der Waals surface area contributed by atoms with E-state index in [4.69, 9.17) is 9.47 Å². The molecule has 0 saturated carbocycles. The van der Waals surface area contributed by atoms with Gasteiger partial charge in [0.1, 0.15) is 12.4 Å². The second-order valence-corrected chi connectivity index (χ2v) is 5.31. The monoisotopic (exact) mass is 265 g/mol. The lowest BCUT2D eigenvalue weighted by Crippen LogP contribution is -2.34. The van der Waals surface area contributed by atoms with Crippen LogP contribution in [0.4, 0.5) is 0 Å². The maximum Gasteiger partial charge on any atom is 0.125 e. The van der Waals surface area contributed by atoms with Crippen molar-refractivity contribution in [1.82, 2.24) is 5.32 Å². The highest BCUT2D eigenvalue weighted by Gasteiger charge is 2.06. The lowest BCUT2D eigenvalue weighted by Gasteiger charge is -2.18. The van der Waals surface area contributed by atoms with E-state index in [9.17, 15) is 0 Å². The van der Waals surface area contributed by atoms with Crippen molar-refractivity contribution in [2.24, 2.45) is 0 Å². The minimum absolute atomic E-state index is 0.294. The highest BCUT2D eigenvalue weighted by molar-refractivity contribution is 5.39. The summed E-state index contributed by atoms with van der Waals surface area (Å²) < 4.78 is 11.4. The second kappa shape index (κ2) is 8.18. The van der Waals surface area contributed by atoms with Crippen molar-refractivity contribution in [1.29, 1.82) is 0 Å². The van der Waals surface area contributed by atoms with E-state index in [2.05, 4.69) is 44.3 Å². The Kier molecular flexibility index (Phi) is 6.89. The van der Waals surface area contributed by atoms with Crippen molar-refractivity contribution in [3.63, 3.8) is 0 Å². The first kappa shape index (κ1) is 16.0. The zero-order valence-electron chi connectivity index (χ0n) is 12.8. The number of ether oxygens (including phenoxy) is 2. The van der Waals surface area contributed by atoms with E-state index in [0.29, 0.717) is 18.8 Å². The van der Waals surface area contributed by atoms with Crippen LogP contribution in [0.25, 0.3) is 0 Å². The Morgan fingerprint density at radius 3 is 2.32 bits per heavy atom. The normalized spacial score (nSPS) is 12.7. The van der Waals surface area contributed by atoms with Gasteiger partial charge in [0.05, 0.1) is 12.7 Å². The molecule has 0 aromatic heterocycles. The molecule has 3 nitrogen and oxygen atoms in total. The van der Waals surface area contributed by atoms with E-state index in [1.54, 1.807) is 0 Å². The van der Waals surface area contributed by atoms with E-state index in [-0.39, 0.29) is 0 Å². The summed E-state index contributed by atoms with van der Waals surface area (Å²) in [5.74, 6) is 1.01. The van der Waals surface area contributed by atoms with Gasteiger partial charge >= 0.3 is 0 Å². The van der Waals surface area contributed by atoms with Crippen LogP contribution in [0.2, 0.25) is 0 Å². The molecule has 0 aliphatic heterocycles. The summed E-state index contributed by atoms with van der Waals surface area (Å²) in [6.45, 7) is 12.7. The molecule has 0 amide bonds. The molecule has 19 heavy (non-hydrogen) atoms. The molecular weight excluding hydrogens is 238 g/mol. The molecule has 0 saturated heterocycles. The van der Waals surface area contributed by atoms with Crippen LogP contribution < -0.4 is 10.1 Å². The fourth-order valence-corrected chi connectivity index (χ4v) is 1.89. The van der Waals surface area contributed by atoms with Crippen molar-refractivity contribution in [2.75, 3.05) is 19.8 Å². The van der Waals surface area contributed by atoms with Crippen LogP contribution in [0.3, 0.4) is 0 Å². The second-order valence-electron chi connectivity index (χ2n) is 5.31. The highest BCUT2D eigenvalue weighted by Crippen LogP contribution is 2.22. The summed E-state index contributed by atoms with van der Waals surface area (Å²) in [5.41, 5.74) is 2.38. The molecule has 0 aliphatic carbocycles. The molecule has 0 radical (unpaired) electrons. The number of hydrogen-bond donors (Lipinski definition) is 1. The van der Waals surface area contributed by atoms with E-state index in [0.717, 1.165) is 18.9 Å². The number of hydrogen-bond acceptors (Lipinski definition) is 3. The third-order valence-corrected chi connectivity index (χ3v) is 2.93. The summed E-state index contributed by atoms with van der Waals surface area (Å²) in [5, 5.41) is 3.40. The molecule has 3 heteroatoms. The van der Waals surface area contributed by atoms with Crippen molar-refractivity contribution >= 4 is 0 Å². The number of benzene rings is 1. The van der Waals surface area contributed by atoms with Crippen LogP contribution in [-0.2, 0) is 4.74 Å². The van der Waals surface area contributed by atoms with E-state index in [1.807, 2.05) is 13.8 Å². The summed E-state index contributed by atoms with van der Waals surface area (Å²) in [7, 11) is 0. The van der Waals surface area contributed by atoms with Gasteiger partial charge in [0, 0.05) is 12.6 Å². The van der Waals surface area contributed by atoms with E-state index in [1.165, 1.54) is 11.1 Å². The molecule has 1 aromatic rings. The molecule has 1 aromatic carbocycles. The van der Waals surface area contributed by atoms with Crippen LogP contribution >= 0.6 is 0 Å². The zero-order valence-corrected chi connectivity index (χ0v) is 12.8. The Labute approximate surface area is 117 Å². The van der Waals surface area contributed by atoms with Crippen LogP contribution in [0.1, 0.15) is 31.9 Å². The molecule has 0 heterocycles. The topological polar surface area (TPSA) is 30.5 Å². The Balaban J connectivity index is 2.28. The summed E-state index contributed by atoms with van der Waals surface area (Å²) in [4.78, 5) is 0. The first-order valence-corrected chi connectivity index (χ1v) is 7.04. The van der Waals surface area contributed by atoms with Gasteiger partial charge in [-0.1, -0.05) is 18.2 Å². The van der Waals surface area contributed by atoms with Crippen molar-refractivity contribution in [2.45, 2.75) is 46.8 Å². The molecule has 0 fully saturated rings. The number of aryl methyl sites for hydroxylation is 2. The molecule has 0 aliphatic rings. The van der Waals surface area contributed by atoms with Gasteiger partial charge in [-0.25, -0.2) is 0 Å². The van der Waals surface area contributed by atoms with Gasteiger partial charge in [-0.3, -0.25) is 0 Å². The number of rotatable bonds is 8. The van der Waals surface area contributed by atoms with Gasteiger partial charge in [-0.15, -0.1) is 0 Å². The van der Waals surface area contributed by atoms with Gasteiger partial charge in [-0.2, -0.15) is 0 Å². The average Bonchev–Trinajstić information content (AvgIpc) is 2.34. The molecule has 1 atom stereocenters. The lowest BCUT2D eigenvalue weighted by molar-refractivity contribution is 0.0785. The molecule has 0 bridgehead atoms. The summed E-state index contributed by atoms with van der Waals surface area (Å²) in [6, 6.07) is 6.53. The van der Waals surface area contributed by atoms with Gasteiger partial charge < -0.3 is 14.8 Å². The maximum atomic E-state index is 5.90. The third kappa shape index (κ3) is 6.08. The standard InChI is InChI=1S/C16H27NO2/c1-12(2)18-10-9-17-15(5)11-19-16-13(3)7-6-8-14(16)4/h6-8,12,15,17H,9-11H2,1-5H3. The van der Waals surface area contributed by atoms with Gasteiger partial charge in [0.2, 0.25) is 0 Å². The fraction of sp³-hybridized carbons (Fsp3) is 0.625. The predicted molar refractivity (Wildman–Crippen MR) is 80.0 cm³/mol. The quantitative estimate of drug-likeness (QED) is 0.733. The van der Waals surface area contributed by atoms with Crippen molar-refractivity contribution < 1.29 is 9.47 Å². The minimum atomic E-state index is 0.294. The van der Waals surface area contributed by atoms with Crippen LogP contribution in [0, 0.1) is 13.8 Å². The Morgan fingerprint density at radius 2 is 1.74 bits per heavy atom. The molecule has 1 rings (SSSR count). The molecular formula is C16H27NO2. The Hall–Kier alpha value is -1.06. The Morgan fingerprint density at radius 1 is 1.11 bits per heavy atom. The summed E-state index contributed by atoms with van der Waals surface area (Å²) in [6.07, 6.45) is 0.294. The van der Waals surface area contributed by atoms with E-state index < -0.39 is 0 Å². The summed E-state index contributed by atoms with van der Waals surface area (Å²) >= 11 is 0. The van der Waals surface area contributed by atoms with Gasteiger partial charge in [0.25, 0.3) is 0 Å². The minimum Gasteiger partial charge on any atom is -0.491 e. The smallest absolute Gasteiger partial charge is 0.125 e. The van der Waals surface area contributed by atoms with Crippen molar-refractivity contribution in [3.8, 4) is 5.75 Å². The fourth-order valence-electron chi connectivity index (χ4n) is 1.89. The number of para-hydroxylation sites is 1. The van der Waals surface area contributed by atoms with E-state index >= 15 is 0 Å². The van der Waals surface area contributed by atoms with Gasteiger partial charge in [0.15, 0.2) is 0 Å². The Bertz CT molecular complexity index is 357. The average molecular weight is 265 g/mol. The predicted octanol–water partition coefficient (Wildman–Crippen LogP) is 3.09. The van der Waals surface area contributed by atoms with Gasteiger partial charge in [-0.05, 0) is 45.7 Å². The zero-order chi connectivity index (χ0) is 14.3. The third-order valence-electron chi connectivity index (χ3n) is 2.93. The molecule has 0 spiro atoms. The first-order chi connectivity index (χ1) is 9.00. The lowest BCUT2D eigenvalue weighted by atomic mass is 10.1. The van der Waals surface area contributed by atoms with Crippen LogP contribution in [0.5, 0.6) is 5.75 Å². The molecule has 108 valence electrons. The SMILES string of the molecule is Cc1cccc(C)c1OCC(C)NCCOC(C)C. The molecule has 1 N–H and O–H groups in total. The molecule has 1 unspecified atom stereocenters. The maximum absolute atomic E-state index is 5.90. The first-order valence-electron chi connectivity index (χ1n) is 7.04. The number of nitrogens with one attached hydrogen (secondary N) is 1. The highest BCUT2D eigenvalue weighted by atomic mass is 16.5. The van der Waals surface area contributed by atoms with Crippen LogP contribution in [-0.4, -0.2) is 31.9 Å². The van der Waals surface area contributed by atoms with Crippen molar-refractivity contribution in [3.05, 3.63) is 29.3 Å².